The minimum absolute atomic E-state index is 0.750. The van der Waals surface area contributed by atoms with Crippen molar-refractivity contribution in [3.05, 3.63) is 17.7 Å². The average molecular weight is 271 g/mol. The van der Waals surface area contributed by atoms with Gasteiger partial charge in [0, 0.05) is 32.9 Å². The van der Waals surface area contributed by atoms with Crippen molar-refractivity contribution in [1.82, 2.24) is 14.9 Å². The lowest BCUT2D eigenvalue weighted by molar-refractivity contribution is 0.199. The van der Waals surface area contributed by atoms with Crippen molar-refractivity contribution in [3.8, 4) is 0 Å². The third kappa shape index (κ3) is 5.42. The van der Waals surface area contributed by atoms with Crippen LogP contribution >= 0.6 is 11.8 Å². The van der Waals surface area contributed by atoms with Crippen molar-refractivity contribution in [2.24, 2.45) is 0 Å². The number of aromatic nitrogens is 2. The summed E-state index contributed by atoms with van der Waals surface area (Å²) in [6, 6.07) is 0. The van der Waals surface area contributed by atoms with E-state index >= 15 is 0 Å². The summed E-state index contributed by atoms with van der Waals surface area (Å²) in [5, 5.41) is 3.37. The van der Waals surface area contributed by atoms with Crippen molar-refractivity contribution >= 4 is 11.8 Å². The van der Waals surface area contributed by atoms with Crippen molar-refractivity contribution in [2.75, 3.05) is 31.8 Å². The van der Waals surface area contributed by atoms with Gasteiger partial charge in [0.05, 0.1) is 12.3 Å². The van der Waals surface area contributed by atoms with Crippen molar-refractivity contribution in [3.63, 3.8) is 0 Å². The molecule has 104 valence electrons. The van der Waals surface area contributed by atoms with E-state index in [4.69, 9.17) is 4.74 Å². The van der Waals surface area contributed by atoms with Crippen molar-refractivity contribution in [1.29, 1.82) is 0 Å². The Morgan fingerprint density at radius 2 is 2.33 bits per heavy atom. The van der Waals surface area contributed by atoms with E-state index in [0.717, 1.165) is 32.1 Å². The minimum atomic E-state index is 0.750. The van der Waals surface area contributed by atoms with E-state index in [-0.39, 0.29) is 0 Å². The van der Waals surface area contributed by atoms with Gasteiger partial charge in [-0.1, -0.05) is 6.92 Å². The first-order chi connectivity index (χ1) is 8.79. The Kier molecular flexibility index (Phi) is 8.13. The summed E-state index contributed by atoms with van der Waals surface area (Å²) in [5.41, 5.74) is 1.27. The molecule has 0 saturated carbocycles. The normalized spacial score (nSPS) is 11.1. The molecule has 1 aromatic heterocycles. The van der Waals surface area contributed by atoms with Gasteiger partial charge in [-0.25, -0.2) is 4.98 Å². The van der Waals surface area contributed by atoms with E-state index < -0.39 is 0 Å². The third-order valence-electron chi connectivity index (χ3n) is 2.80. The molecule has 0 saturated heterocycles. The molecular weight excluding hydrogens is 246 g/mol. The molecule has 0 fully saturated rings. The van der Waals surface area contributed by atoms with Gasteiger partial charge >= 0.3 is 0 Å². The molecule has 0 aliphatic rings. The second-order valence-electron chi connectivity index (χ2n) is 4.17. The summed E-state index contributed by atoms with van der Waals surface area (Å²) in [7, 11) is 1.72. The summed E-state index contributed by atoms with van der Waals surface area (Å²) >= 11 is 2.00. The van der Waals surface area contributed by atoms with Crippen LogP contribution in [0, 0.1) is 6.92 Å². The lowest BCUT2D eigenvalue weighted by Gasteiger charge is -2.10. The van der Waals surface area contributed by atoms with Crippen molar-refractivity contribution < 1.29 is 4.74 Å². The molecule has 4 nitrogen and oxygen atoms in total. The number of nitrogens with one attached hydrogen (secondary N) is 1. The molecule has 18 heavy (non-hydrogen) atoms. The van der Waals surface area contributed by atoms with E-state index in [1.54, 1.807) is 7.11 Å². The monoisotopic (exact) mass is 271 g/mol. The zero-order valence-electron chi connectivity index (χ0n) is 11.7. The van der Waals surface area contributed by atoms with Gasteiger partial charge in [0.2, 0.25) is 0 Å². The van der Waals surface area contributed by atoms with Crippen LogP contribution < -0.4 is 5.32 Å². The summed E-state index contributed by atoms with van der Waals surface area (Å²) in [6.45, 7) is 7.85. The number of hydrogen-bond acceptors (Lipinski definition) is 4. The largest absolute Gasteiger partial charge is 0.383 e. The molecule has 1 aromatic rings. The number of aryl methyl sites for hydroxylation is 1. The first-order valence-electron chi connectivity index (χ1n) is 6.58. The van der Waals surface area contributed by atoms with Gasteiger partial charge in [-0.15, -0.1) is 0 Å². The SMILES string of the molecule is CCSCCCn1c(CNCCOC)cnc1C. The molecule has 0 amide bonds. The minimum Gasteiger partial charge on any atom is -0.383 e. The fourth-order valence-electron chi connectivity index (χ4n) is 1.82. The van der Waals surface area contributed by atoms with Gasteiger partial charge in [-0.3, -0.25) is 0 Å². The number of nitrogens with zero attached hydrogens (tertiary/aromatic N) is 2. The van der Waals surface area contributed by atoms with Crippen LogP contribution in [0.25, 0.3) is 0 Å². The Morgan fingerprint density at radius 1 is 1.50 bits per heavy atom. The number of methoxy groups -OCH3 is 1. The Labute approximate surface area is 115 Å². The van der Waals surface area contributed by atoms with Crippen LogP contribution in [0.2, 0.25) is 0 Å². The van der Waals surface area contributed by atoms with Crippen LogP contribution in [-0.2, 0) is 17.8 Å². The summed E-state index contributed by atoms with van der Waals surface area (Å²) in [4.78, 5) is 4.40. The maximum Gasteiger partial charge on any atom is 0.105 e. The maximum atomic E-state index is 5.02. The summed E-state index contributed by atoms with van der Waals surface area (Å²) in [6.07, 6.45) is 3.18. The molecule has 0 atom stereocenters. The Hall–Kier alpha value is -0.520. The second-order valence-corrected chi connectivity index (χ2v) is 5.56. The smallest absolute Gasteiger partial charge is 0.105 e. The van der Waals surface area contributed by atoms with E-state index in [0.29, 0.717) is 0 Å². The zero-order chi connectivity index (χ0) is 13.2. The molecule has 0 aliphatic carbocycles. The lowest BCUT2D eigenvalue weighted by atomic mass is 10.4. The quantitative estimate of drug-likeness (QED) is 0.661. The Bertz CT molecular complexity index is 328. The van der Waals surface area contributed by atoms with E-state index in [1.807, 2.05) is 18.0 Å². The molecule has 0 aliphatic heterocycles. The van der Waals surface area contributed by atoms with Gasteiger partial charge in [-0.2, -0.15) is 11.8 Å². The number of imidazole rings is 1. The summed E-state index contributed by atoms with van der Waals surface area (Å²) in [5.74, 6) is 3.54. The standard InChI is InChI=1S/C13H25N3OS/c1-4-18-9-5-7-16-12(2)15-11-13(16)10-14-6-8-17-3/h11,14H,4-10H2,1-3H3. The van der Waals surface area contributed by atoms with E-state index in [2.05, 4.69) is 28.7 Å². The molecular formula is C13H25N3OS. The molecule has 0 bridgehead atoms. The van der Waals surface area contributed by atoms with Crippen LogP contribution in [-0.4, -0.2) is 41.3 Å². The molecule has 1 rings (SSSR count). The highest BCUT2D eigenvalue weighted by Gasteiger charge is 2.05. The molecule has 0 aromatic carbocycles. The van der Waals surface area contributed by atoms with Gasteiger partial charge in [0.25, 0.3) is 0 Å². The second kappa shape index (κ2) is 9.42. The number of thioether (sulfide) groups is 1. The number of rotatable bonds is 10. The third-order valence-corrected chi connectivity index (χ3v) is 3.79. The van der Waals surface area contributed by atoms with Crippen LogP contribution in [0.4, 0.5) is 0 Å². The fourth-order valence-corrected chi connectivity index (χ4v) is 2.44. The first kappa shape index (κ1) is 15.5. The highest BCUT2D eigenvalue weighted by Crippen LogP contribution is 2.08. The predicted molar refractivity (Wildman–Crippen MR) is 78.2 cm³/mol. The topological polar surface area (TPSA) is 39.1 Å². The highest BCUT2D eigenvalue weighted by molar-refractivity contribution is 7.99. The predicted octanol–water partition coefficient (Wildman–Crippen LogP) is 2.07. The van der Waals surface area contributed by atoms with Crippen LogP contribution in [0.1, 0.15) is 24.9 Å². The molecule has 0 spiro atoms. The average Bonchev–Trinajstić information content (AvgIpc) is 2.72. The molecule has 5 heteroatoms. The van der Waals surface area contributed by atoms with Gasteiger partial charge in [0.15, 0.2) is 0 Å². The molecule has 0 unspecified atom stereocenters. The van der Waals surface area contributed by atoms with Gasteiger partial charge < -0.3 is 14.6 Å². The van der Waals surface area contributed by atoms with Gasteiger partial charge in [-0.05, 0) is 24.9 Å². The molecule has 1 N–H and O–H groups in total. The number of hydrogen-bond donors (Lipinski definition) is 1. The fraction of sp³-hybridized carbons (Fsp3) is 0.769. The molecule has 1 heterocycles. The summed E-state index contributed by atoms with van der Waals surface area (Å²) < 4.78 is 7.33. The van der Waals surface area contributed by atoms with E-state index in [1.165, 1.54) is 23.6 Å². The highest BCUT2D eigenvalue weighted by atomic mass is 32.2. The van der Waals surface area contributed by atoms with Crippen LogP contribution in [0.3, 0.4) is 0 Å². The Morgan fingerprint density at radius 3 is 3.06 bits per heavy atom. The number of ether oxygens (including phenoxy) is 1. The van der Waals surface area contributed by atoms with Crippen LogP contribution in [0.5, 0.6) is 0 Å². The Balaban J connectivity index is 2.37. The lowest BCUT2D eigenvalue weighted by Crippen LogP contribution is -2.21. The van der Waals surface area contributed by atoms with E-state index in [9.17, 15) is 0 Å². The maximum absolute atomic E-state index is 5.02. The molecule has 0 radical (unpaired) electrons. The van der Waals surface area contributed by atoms with Gasteiger partial charge in [0.1, 0.15) is 5.82 Å². The van der Waals surface area contributed by atoms with Crippen molar-refractivity contribution in [2.45, 2.75) is 33.4 Å². The zero-order valence-corrected chi connectivity index (χ0v) is 12.6. The first-order valence-corrected chi connectivity index (χ1v) is 7.73. The van der Waals surface area contributed by atoms with Crippen LogP contribution in [0.15, 0.2) is 6.20 Å².